The van der Waals surface area contributed by atoms with Crippen LogP contribution in [0.5, 0.6) is 0 Å². The molecule has 33 heavy (non-hydrogen) atoms. The van der Waals surface area contributed by atoms with Crippen molar-refractivity contribution in [1.82, 2.24) is 4.98 Å². The van der Waals surface area contributed by atoms with Gasteiger partial charge < -0.3 is 15.1 Å². The van der Waals surface area contributed by atoms with Crippen LogP contribution in [0.25, 0.3) is 0 Å². The third-order valence-corrected chi connectivity index (χ3v) is 7.29. The zero-order chi connectivity index (χ0) is 22.8. The molecule has 1 amide bonds. The summed E-state index contributed by atoms with van der Waals surface area (Å²) < 4.78 is 5.34. The predicted octanol–water partition coefficient (Wildman–Crippen LogP) is 6.69. The maximum Gasteiger partial charge on any atom is 0.291 e. The van der Waals surface area contributed by atoms with Crippen LogP contribution in [0.3, 0.4) is 0 Å². The molecule has 0 radical (unpaired) electrons. The maximum atomic E-state index is 12.9. The van der Waals surface area contributed by atoms with Crippen molar-refractivity contribution in [2.45, 2.75) is 45.6 Å². The van der Waals surface area contributed by atoms with Crippen LogP contribution in [-0.4, -0.2) is 10.9 Å². The Bertz CT molecular complexity index is 1260. The van der Waals surface area contributed by atoms with Gasteiger partial charge in [-0.25, -0.2) is 4.98 Å². The average Bonchev–Trinajstić information content (AvgIpc) is 3.47. The van der Waals surface area contributed by atoms with E-state index in [1.54, 1.807) is 23.5 Å². The summed E-state index contributed by atoms with van der Waals surface area (Å²) >= 11 is 1.69. The monoisotopic (exact) mass is 457 g/mol. The molecule has 3 heterocycles. The molecule has 168 valence electrons. The largest absolute Gasteiger partial charge is 0.459 e. The van der Waals surface area contributed by atoms with E-state index in [0.29, 0.717) is 5.76 Å². The van der Waals surface area contributed by atoms with Crippen LogP contribution in [0, 0.1) is 13.8 Å². The number of aryl methyl sites for hydroxylation is 3. The molecule has 0 aliphatic heterocycles. The number of carbonyl (C=O) groups excluding carboxylic acids is 1. The van der Waals surface area contributed by atoms with Crippen molar-refractivity contribution in [3.05, 3.63) is 99.4 Å². The lowest BCUT2D eigenvalue weighted by Gasteiger charge is -2.24. The van der Waals surface area contributed by atoms with E-state index in [1.165, 1.54) is 28.7 Å². The number of nitrogens with zero attached hydrogens (tertiary/aromatic N) is 1. The summed E-state index contributed by atoms with van der Waals surface area (Å²) in [7, 11) is 0. The SMILES string of the molecule is Cc1ccc(C(Nc2cccc(C)n2)c2c(NC(=O)c3ccco3)sc3c2CCCC3)cc1. The fraction of sp³-hybridized carbons (Fsp3) is 0.259. The lowest BCUT2D eigenvalue weighted by atomic mass is 9.89. The molecule has 4 aromatic rings. The smallest absolute Gasteiger partial charge is 0.291 e. The van der Waals surface area contributed by atoms with E-state index in [2.05, 4.69) is 41.8 Å². The molecule has 0 bridgehead atoms. The number of thiophene rings is 1. The first-order chi connectivity index (χ1) is 16.1. The van der Waals surface area contributed by atoms with Gasteiger partial charge in [0, 0.05) is 16.1 Å². The molecular weight excluding hydrogens is 430 g/mol. The second kappa shape index (κ2) is 9.24. The summed E-state index contributed by atoms with van der Waals surface area (Å²) in [5.74, 6) is 0.906. The molecule has 3 aromatic heterocycles. The van der Waals surface area contributed by atoms with Crippen molar-refractivity contribution in [3.63, 3.8) is 0 Å². The van der Waals surface area contributed by atoms with Crippen LogP contribution in [0.2, 0.25) is 0 Å². The minimum Gasteiger partial charge on any atom is -0.459 e. The minimum atomic E-state index is -0.226. The molecule has 1 unspecified atom stereocenters. The number of rotatable bonds is 6. The number of furan rings is 1. The summed E-state index contributed by atoms with van der Waals surface area (Å²) in [5, 5.41) is 7.72. The zero-order valence-electron chi connectivity index (χ0n) is 18.9. The number of nitrogens with one attached hydrogen (secondary N) is 2. The molecule has 5 nitrogen and oxygen atoms in total. The van der Waals surface area contributed by atoms with Gasteiger partial charge in [-0.15, -0.1) is 11.3 Å². The number of amides is 1. The van der Waals surface area contributed by atoms with Crippen LogP contribution < -0.4 is 10.6 Å². The van der Waals surface area contributed by atoms with E-state index < -0.39 is 0 Å². The van der Waals surface area contributed by atoms with E-state index in [0.717, 1.165) is 46.9 Å². The highest BCUT2D eigenvalue weighted by Crippen LogP contribution is 2.44. The molecule has 1 atom stereocenters. The Labute approximate surface area is 197 Å². The van der Waals surface area contributed by atoms with Crippen LogP contribution in [-0.2, 0) is 12.8 Å². The van der Waals surface area contributed by atoms with Crippen LogP contribution in [0.4, 0.5) is 10.8 Å². The van der Waals surface area contributed by atoms with Crippen molar-refractivity contribution in [2.24, 2.45) is 0 Å². The van der Waals surface area contributed by atoms with Crippen molar-refractivity contribution >= 4 is 28.1 Å². The summed E-state index contributed by atoms with van der Waals surface area (Å²) in [6.07, 6.45) is 5.93. The number of hydrogen-bond acceptors (Lipinski definition) is 5. The maximum absolute atomic E-state index is 12.9. The van der Waals surface area contributed by atoms with E-state index in [1.807, 2.05) is 25.1 Å². The molecule has 1 aromatic carbocycles. The molecule has 0 fully saturated rings. The summed E-state index contributed by atoms with van der Waals surface area (Å²) in [6.45, 7) is 4.09. The van der Waals surface area contributed by atoms with Crippen LogP contribution in [0.15, 0.2) is 65.3 Å². The Morgan fingerprint density at radius 2 is 1.85 bits per heavy atom. The Morgan fingerprint density at radius 1 is 1.03 bits per heavy atom. The minimum absolute atomic E-state index is 0.134. The summed E-state index contributed by atoms with van der Waals surface area (Å²) in [5.41, 5.74) is 5.81. The first-order valence-corrected chi connectivity index (χ1v) is 12.2. The molecule has 2 N–H and O–H groups in total. The predicted molar refractivity (Wildman–Crippen MR) is 133 cm³/mol. The number of fused-ring (bicyclic) bond motifs is 1. The molecule has 1 aliphatic rings. The van der Waals surface area contributed by atoms with Gasteiger partial charge in [0.05, 0.1) is 12.3 Å². The highest BCUT2D eigenvalue weighted by atomic mass is 32.1. The molecule has 0 saturated heterocycles. The van der Waals surface area contributed by atoms with Crippen molar-refractivity contribution < 1.29 is 9.21 Å². The Morgan fingerprint density at radius 3 is 2.61 bits per heavy atom. The highest BCUT2D eigenvalue weighted by molar-refractivity contribution is 7.16. The molecular formula is C27H27N3O2S. The topological polar surface area (TPSA) is 67.2 Å². The quantitative estimate of drug-likeness (QED) is 0.339. The Balaban J connectivity index is 1.61. The van der Waals surface area contributed by atoms with Gasteiger partial charge in [0.2, 0.25) is 0 Å². The standard InChI is InChI=1S/C27H27N3O2S/c1-17-12-14-19(15-13-17)25(29-23-11-5-7-18(2)28-23)24-20-8-3-4-10-22(20)33-27(24)30-26(31)21-9-6-16-32-21/h5-7,9,11-16,25H,3-4,8,10H2,1-2H3,(H,28,29)(H,30,31). The van der Waals surface area contributed by atoms with E-state index in [4.69, 9.17) is 9.40 Å². The Hall–Kier alpha value is -3.38. The normalized spacial score (nSPS) is 13.9. The van der Waals surface area contributed by atoms with Crippen LogP contribution in [0.1, 0.15) is 62.3 Å². The molecule has 0 spiro atoms. The van der Waals surface area contributed by atoms with Gasteiger partial charge >= 0.3 is 0 Å². The molecule has 1 aliphatic carbocycles. The average molecular weight is 458 g/mol. The van der Waals surface area contributed by atoms with Crippen molar-refractivity contribution in [3.8, 4) is 0 Å². The van der Waals surface area contributed by atoms with Gasteiger partial charge in [0.15, 0.2) is 5.76 Å². The second-order valence-electron chi connectivity index (χ2n) is 8.54. The first kappa shape index (κ1) is 21.5. The number of benzene rings is 1. The van der Waals surface area contributed by atoms with Gasteiger partial charge in [0.25, 0.3) is 5.91 Å². The van der Waals surface area contributed by atoms with Crippen molar-refractivity contribution in [2.75, 3.05) is 10.6 Å². The fourth-order valence-corrected chi connectivity index (χ4v) is 5.74. The van der Waals surface area contributed by atoms with Gasteiger partial charge in [-0.05, 0) is 74.9 Å². The van der Waals surface area contributed by atoms with Gasteiger partial charge in [-0.1, -0.05) is 35.9 Å². The van der Waals surface area contributed by atoms with Gasteiger partial charge in [0.1, 0.15) is 10.8 Å². The summed E-state index contributed by atoms with van der Waals surface area (Å²) in [4.78, 5) is 19.0. The van der Waals surface area contributed by atoms with E-state index in [9.17, 15) is 4.79 Å². The summed E-state index contributed by atoms with van der Waals surface area (Å²) in [6, 6.07) is 17.9. The van der Waals surface area contributed by atoms with Gasteiger partial charge in [-0.2, -0.15) is 0 Å². The highest BCUT2D eigenvalue weighted by Gasteiger charge is 2.29. The van der Waals surface area contributed by atoms with E-state index >= 15 is 0 Å². The molecule has 5 rings (SSSR count). The first-order valence-electron chi connectivity index (χ1n) is 11.3. The third-order valence-electron chi connectivity index (χ3n) is 6.06. The third kappa shape index (κ3) is 4.57. The molecule has 0 saturated carbocycles. The number of pyridine rings is 1. The number of aromatic nitrogens is 1. The lowest BCUT2D eigenvalue weighted by Crippen LogP contribution is -2.19. The zero-order valence-corrected chi connectivity index (χ0v) is 19.7. The Kier molecular flexibility index (Phi) is 6.01. The van der Waals surface area contributed by atoms with Gasteiger partial charge in [-0.3, -0.25) is 4.79 Å². The number of anilines is 2. The number of carbonyl (C=O) groups is 1. The van der Waals surface area contributed by atoms with Crippen molar-refractivity contribution in [1.29, 1.82) is 0 Å². The lowest BCUT2D eigenvalue weighted by molar-refractivity contribution is 0.0997. The molecule has 6 heteroatoms. The van der Waals surface area contributed by atoms with Crippen LogP contribution >= 0.6 is 11.3 Å². The second-order valence-corrected chi connectivity index (χ2v) is 9.64. The fourth-order valence-electron chi connectivity index (χ4n) is 4.41. The van der Waals surface area contributed by atoms with E-state index in [-0.39, 0.29) is 11.9 Å². The number of hydrogen-bond donors (Lipinski definition) is 2.